The first kappa shape index (κ1) is 13.9. The van der Waals surface area contributed by atoms with Crippen molar-refractivity contribution in [2.24, 2.45) is 0 Å². The number of carbonyl (C=O) groups is 1. The van der Waals surface area contributed by atoms with Crippen LogP contribution in [0.1, 0.15) is 16.1 Å². The molecule has 0 aliphatic heterocycles. The van der Waals surface area contributed by atoms with Gasteiger partial charge in [-0.2, -0.15) is 0 Å². The molecule has 0 radical (unpaired) electrons. The number of aromatic nitrogens is 1. The summed E-state index contributed by atoms with van der Waals surface area (Å²) >= 11 is 0. The molecular weight excluding hydrogens is 273 g/mol. The van der Waals surface area contributed by atoms with Crippen LogP contribution in [-0.4, -0.2) is 16.1 Å². The van der Waals surface area contributed by atoms with E-state index in [1.165, 1.54) is 6.07 Å². The van der Waals surface area contributed by atoms with E-state index < -0.39 is 29.1 Å². The number of nitrogens with one attached hydrogen (secondary N) is 1. The van der Waals surface area contributed by atoms with E-state index in [9.17, 15) is 18.0 Å². The number of nitrogens with zero attached hydrogens (tertiary/aromatic N) is 1. The second-order valence-corrected chi connectivity index (χ2v) is 4.06. The van der Waals surface area contributed by atoms with Crippen LogP contribution in [0, 0.1) is 24.4 Å². The predicted octanol–water partition coefficient (Wildman–Crippen LogP) is 3.25. The Morgan fingerprint density at radius 2 is 1.90 bits per heavy atom. The second kappa shape index (κ2) is 5.20. The molecule has 7 heteroatoms. The molecule has 20 heavy (non-hydrogen) atoms. The second-order valence-electron chi connectivity index (χ2n) is 4.06. The third-order valence-electron chi connectivity index (χ3n) is 2.46. The fraction of sp³-hybridized carbons (Fsp3) is 0.0769. The first-order valence-electron chi connectivity index (χ1n) is 5.50. The molecule has 1 aromatic carbocycles. The third-order valence-corrected chi connectivity index (χ3v) is 2.46. The maximum Gasteiger partial charge on any atom is 0.335 e. The van der Waals surface area contributed by atoms with E-state index in [0.717, 1.165) is 12.1 Å². The number of hydrogen-bond donors (Lipinski definition) is 2. The van der Waals surface area contributed by atoms with Gasteiger partial charge in [0.1, 0.15) is 11.6 Å². The number of aromatic carboxylic acids is 1. The topological polar surface area (TPSA) is 62.2 Å². The van der Waals surface area contributed by atoms with Crippen LogP contribution in [0.5, 0.6) is 0 Å². The lowest BCUT2D eigenvalue weighted by atomic mass is 10.2. The van der Waals surface area contributed by atoms with Gasteiger partial charge in [-0.15, -0.1) is 0 Å². The zero-order chi connectivity index (χ0) is 14.9. The van der Waals surface area contributed by atoms with Gasteiger partial charge in [-0.25, -0.2) is 22.9 Å². The minimum absolute atomic E-state index is 0.0219. The molecule has 0 aliphatic rings. The summed E-state index contributed by atoms with van der Waals surface area (Å²) < 4.78 is 39.6. The summed E-state index contributed by atoms with van der Waals surface area (Å²) in [5.74, 6) is -4.79. The molecule has 0 saturated heterocycles. The zero-order valence-corrected chi connectivity index (χ0v) is 10.2. The molecule has 0 saturated carbocycles. The molecule has 2 rings (SSSR count). The summed E-state index contributed by atoms with van der Waals surface area (Å²) in [6.07, 6.45) is 0. The fourth-order valence-electron chi connectivity index (χ4n) is 1.64. The van der Waals surface area contributed by atoms with Crippen molar-refractivity contribution < 1.29 is 23.1 Å². The Labute approximate surface area is 111 Å². The number of carboxylic acid groups (broad SMARTS) is 1. The highest BCUT2D eigenvalue weighted by Crippen LogP contribution is 2.23. The van der Waals surface area contributed by atoms with Crippen molar-refractivity contribution in [3.63, 3.8) is 0 Å². The summed E-state index contributed by atoms with van der Waals surface area (Å²) in [5, 5.41) is 11.3. The van der Waals surface area contributed by atoms with Gasteiger partial charge >= 0.3 is 5.97 Å². The summed E-state index contributed by atoms with van der Waals surface area (Å²) in [6, 6.07) is 3.61. The molecule has 1 heterocycles. The van der Waals surface area contributed by atoms with Gasteiger partial charge in [-0.05, 0) is 19.1 Å². The SMILES string of the molecule is Cc1cc(C(=O)O)cc(Nc2cc(F)cc(F)c2F)n1. The molecular formula is C13H9F3N2O2. The van der Waals surface area contributed by atoms with Crippen molar-refractivity contribution in [3.8, 4) is 0 Å². The zero-order valence-electron chi connectivity index (χ0n) is 10.2. The van der Waals surface area contributed by atoms with Gasteiger partial charge in [0.25, 0.3) is 0 Å². The van der Waals surface area contributed by atoms with E-state index in [1.807, 2.05) is 0 Å². The maximum absolute atomic E-state index is 13.5. The normalized spacial score (nSPS) is 10.4. The average Bonchev–Trinajstić information content (AvgIpc) is 2.34. The Kier molecular flexibility index (Phi) is 3.60. The number of hydrogen-bond acceptors (Lipinski definition) is 3. The van der Waals surface area contributed by atoms with E-state index >= 15 is 0 Å². The minimum Gasteiger partial charge on any atom is -0.478 e. The predicted molar refractivity (Wildman–Crippen MR) is 65.5 cm³/mol. The van der Waals surface area contributed by atoms with E-state index in [2.05, 4.69) is 10.3 Å². The number of anilines is 2. The number of rotatable bonds is 3. The van der Waals surface area contributed by atoms with Crippen LogP contribution in [0.2, 0.25) is 0 Å². The average molecular weight is 282 g/mol. The van der Waals surface area contributed by atoms with Gasteiger partial charge in [-0.3, -0.25) is 0 Å². The molecule has 0 aliphatic carbocycles. The molecule has 104 valence electrons. The Hall–Kier alpha value is -2.57. The lowest BCUT2D eigenvalue weighted by molar-refractivity contribution is 0.0696. The number of pyridine rings is 1. The Bertz CT molecular complexity index is 690. The molecule has 0 spiro atoms. The van der Waals surface area contributed by atoms with Gasteiger partial charge in [-0.1, -0.05) is 0 Å². The molecule has 0 atom stereocenters. The summed E-state index contributed by atoms with van der Waals surface area (Å²) in [7, 11) is 0. The van der Waals surface area contributed by atoms with Crippen molar-refractivity contribution in [3.05, 3.63) is 53.0 Å². The van der Waals surface area contributed by atoms with Crippen LogP contribution in [0.3, 0.4) is 0 Å². The molecule has 1 aromatic heterocycles. The van der Waals surface area contributed by atoms with E-state index in [0.29, 0.717) is 11.8 Å². The van der Waals surface area contributed by atoms with Crippen molar-refractivity contribution in [2.75, 3.05) is 5.32 Å². The highest BCUT2D eigenvalue weighted by Gasteiger charge is 2.13. The van der Waals surface area contributed by atoms with Crippen molar-refractivity contribution >= 4 is 17.5 Å². The van der Waals surface area contributed by atoms with Crippen LogP contribution in [0.25, 0.3) is 0 Å². The largest absolute Gasteiger partial charge is 0.478 e. The lowest BCUT2D eigenvalue weighted by Crippen LogP contribution is -2.04. The van der Waals surface area contributed by atoms with Crippen molar-refractivity contribution in [2.45, 2.75) is 6.92 Å². The van der Waals surface area contributed by atoms with Gasteiger partial charge in [0.05, 0.1) is 11.3 Å². The fourth-order valence-corrected chi connectivity index (χ4v) is 1.64. The molecule has 0 amide bonds. The van der Waals surface area contributed by atoms with Gasteiger partial charge < -0.3 is 10.4 Å². The molecule has 0 bridgehead atoms. The maximum atomic E-state index is 13.5. The lowest BCUT2D eigenvalue weighted by Gasteiger charge is -2.09. The minimum atomic E-state index is -1.35. The third kappa shape index (κ3) is 2.87. The first-order valence-corrected chi connectivity index (χ1v) is 5.50. The number of benzene rings is 1. The molecule has 4 nitrogen and oxygen atoms in total. The Morgan fingerprint density at radius 1 is 1.20 bits per heavy atom. The highest BCUT2D eigenvalue weighted by atomic mass is 19.2. The van der Waals surface area contributed by atoms with E-state index in [1.54, 1.807) is 6.92 Å². The molecule has 2 aromatic rings. The standard InChI is InChI=1S/C13H9F3N2O2/c1-6-2-7(13(19)20)3-11(17-6)18-10-5-8(14)4-9(15)12(10)16/h2-5H,1H3,(H,17,18)(H,19,20). The van der Waals surface area contributed by atoms with E-state index in [4.69, 9.17) is 5.11 Å². The molecule has 0 unspecified atom stereocenters. The van der Waals surface area contributed by atoms with E-state index in [-0.39, 0.29) is 11.4 Å². The van der Waals surface area contributed by atoms with Crippen molar-refractivity contribution in [1.29, 1.82) is 0 Å². The van der Waals surface area contributed by atoms with Crippen LogP contribution in [0.15, 0.2) is 24.3 Å². The van der Waals surface area contributed by atoms with Crippen LogP contribution in [-0.2, 0) is 0 Å². The Balaban J connectivity index is 2.42. The first-order chi connectivity index (χ1) is 9.36. The summed E-state index contributed by atoms with van der Waals surface area (Å²) in [5.41, 5.74) is -0.168. The van der Waals surface area contributed by atoms with Crippen LogP contribution in [0.4, 0.5) is 24.7 Å². The smallest absolute Gasteiger partial charge is 0.335 e. The monoisotopic (exact) mass is 282 g/mol. The quantitative estimate of drug-likeness (QED) is 0.848. The van der Waals surface area contributed by atoms with Gasteiger partial charge in [0.2, 0.25) is 0 Å². The summed E-state index contributed by atoms with van der Waals surface area (Å²) in [4.78, 5) is 14.8. The van der Waals surface area contributed by atoms with Crippen LogP contribution >= 0.6 is 0 Å². The molecule has 0 fully saturated rings. The highest BCUT2D eigenvalue weighted by molar-refractivity contribution is 5.88. The number of carboxylic acids is 1. The van der Waals surface area contributed by atoms with Gasteiger partial charge in [0, 0.05) is 17.8 Å². The van der Waals surface area contributed by atoms with Gasteiger partial charge in [0.15, 0.2) is 11.6 Å². The Morgan fingerprint density at radius 3 is 2.55 bits per heavy atom. The number of halogens is 3. The van der Waals surface area contributed by atoms with Crippen molar-refractivity contribution in [1.82, 2.24) is 4.98 Å². The number of aryl methyl sites for hydroxylation is 1. The summed E-state index contributed by atoms with van der Waals surface area (Å²) in [6.45, 7) is 1.54. The van der Waals surface area contributed by atoms with Crippen LogP contribution < -0.4 is 5.32 Å². The molecule has 2 N–H and O–H groups in total.